The Morgan fingerprint density at radius 1 is 1.47 bits per heavy atom. The lowest BCUT2D eigenvalue weighted by molar-refractivity contribution is -0.184. The lowest BCUT2D eigenvalue weighted by atomic mass is 10.2. The van der Waals surface area contributed by atoms with Crippen molar-refractivity contribution in [1.29, 1.82) is 0 Å². The third-order valence-electron chi connectivity index (χ3n) is 1.66. The lowest BCUT2D eigenvalue weighted by Crippen LogP contribution is -2.29. The number of alkyl halides is 3. The highest BCUT2D eigenvalue weighted by molar-refractivity contribution is 9.10. The van der Waals surface area contributed by atoms with Crippen LogP contribution in [0.15, 0.2) is 22.7 Å². The van der Waals surface area contributed by atoms with Crippen LogP contribution in [-0.2, 0) is 4.84 Å². The van der Waals surface area contributed by atoms with Crippen molar-refractivity contribution in [3.05, 3.63) is 28.2 Å². The fourth-order valence-corrected chi connectivity index (χ4v) is 1.17. The molecule has 8 heteroatoms. The van der Waals surface area contributed by atoms with Gasteiger partial charge in [-0.05, 0) is 34.1 Å². The minimum absolute atomic E-state index is 0.105. The number of halogens is 4. The smallest absolute Gasteiger partial charge is 0.398 e. The third kappa shape index (κ3) is 4.61. The van der Waals surface area contributed by atoms with Crippen molar-refractivity contribution in [2.75, 3.05) is 12.3 Å². The Morgan fingerprint density at radius 3 is 2.65 bits per heavy atom. The summed E-state index contributed by atoms with van der Waals surface area (Å²) in [4.78, 5) is 15.3. The number of hydroxylamine groups is 1. The molecule has 0 radical (unpaired) electrons. The first-order valence-corrected chi connectivity index (χ1v) is 5.13. The molecule has 1 rings (SSSR count). The van der Waals surface area contributed by atoms with Gasteiger partial charge in [0.25, 0.3) is 5.91 Å². The summed E-state index contributed by atoms with van der Waals surface area (Å²) in [6.07, 6.45) is -4.49. The summed E-state index contributed by atoms with van der Waals surface area (Å²) in [5.74, 6) is -0.798. The van der Waals surface area contributed by atoms with Gasteiger partial charge < -0.3 is 5.73 Å². The van der Waals surface area contributed by atoms with Crippen LogP contribution in [-0.4, -0.2) is 18.7 Å². The van der Waals surface area contributed by atoms with Crippen molar-refractivity contribution in [3.63, 3.8) is 0 Å². The topological polar surface area (TPSA) is 64.4 Å². The molecule has 3 N–H and O–H groups in total. The largest absolute Gasteiger partial charge is 0.414 e. The van der Waals surface area contributed by atoms with E-state index in [1.54, 1.807) is 5.48 Å². The first kappa shape index (κ1) is 13.8. The summed E-state index contributed by atoms with van der Waals surface area (Å²) in [6.45, 7) is -1.55. The highest BCUT2D eigenvalue weighted by Gasteiger charge is 2.28. The molecule has 17 heavy (non-hydrogen) atoms. The maximum atomic E-state index is 11.7. The third-order valence-corrected chi connectivity index (χ3v) is 2.38. The molecule has 4 nitrogen and oxygen atoms in total. The minimum Gasteiger partial charge on any atom is -0.398 e. The van der Waals surface area contributed by atoms with Crippen LogP contribution in [0.3, 0.4) is 0 Å². The van der Waals surface area contributed by atoms with Gasteiger partial charge in [0.2, 0.25) is 0 Å². The molecule has 0 spiro atoms. The number of anilines is 1. The standard InChI is InChI=1S/C9H8BrF3N2O2/c10-6-2-1-5(3-7(6)14)8(16)15-17-4-9(11,12)13/h1-3H,4,14H2,(H,15,16). The van der Waals surface area contributed by atoms with Crippen molar-refractivity contribution in [1.82, 2.24) is 5.48 Å². The zero-order chi connectivity index (χ0) is 13.1. The van der Waals surface area contributed by atoms with E-state index in [4.69, 9.17) is 5.73 Å². The number of nitrogens with one attached hydrogen (secondary N) is 1. The van der Waals surface area contributed by atoms with Gasteiger partial charge in [-0.15, -0.1) is 0 Å². The van der Waals surface area contributed by atoms with Crippen LogP contribution < -0.4 is 11.2 Å². The number of hydrogen-bond donors (Lipinski definition) is 2. The van der Waals surface area contributed by atoms with Crippen LogP contribution >= 0.6 is 15.9 Å². The van der Waals surface area contributed by atoms with E-state index < -0.39 is 18.7 Å². The van der Waals surface area contributed by atoms with Crippen LogP contribution in [0.4, 0.5) is 18.9 Å². The zero-order valence-corrected chi connectivity index (χ0v) is 9.93. The van der Waals surface area contributed by atoms with Crippen molar-refractivity contribution >= 4 is 27.5 Å². The number of rotatable bonds is 3. The first-order chi connectivity index (χ1) is 7.79. The van der Waals surface area contributed by atoms with Crippen LogP contribution in [0.2, 0.25) is 0 Å². The van der Waals surface area contributed by atoms with Gasteiger partial charge in [-0.25, -0.2) is 5.48 Å². The quantitative estimate of drug-likeness (QED) is 0.664. The highest BCUT2D eigenvalue weighted by Crippen LogP contribution is 2.20. The predicted molar refractivity (Wildman–Crippen MR) is 58.0 cm³/mol. The molecule has 0 aliphatic rings. The Balaban J connectivity index is 2.56. The van der Waals surface area contributed by atoms with E-state index in [-0.39, 0.29) is 5.56 Å². The zero-order valence-electron chi connectivity index (χ0n) is 8.34. The maximum absolute atomic E-state index is 11.7. The Labute approximate surface area is 103 Å². The number of carbonyl (C=O) groups is 1. The Kier molecular flexibility index (Phi) is 4.35. The van der Waals surface area contributed by atoms with Crippen LogP contribution in [0.5, 0.6) is 0 Å². The predicted octanol–water partition coefficient (Wildman–Crippen LogP) is 2.26. The number of nitrogens with two attached hydrogens (primary N) is 1. The maximum Gasteiger partial charge on any atom is 0.414 e. The molecule has 1 aromatic rings. The Bertz CT molecular complexity index is 423. The summed E-state index contributed by atoms with van der Waals surface area (Å²) in [5, 5.41) is 0. The monoisotopic (exact) mass is 312 g/mol. The normalized spacial score (nSPS) is 11.3. The minimum atomic E-state index is -4.49. The van der Waals surface area contributed by atoms with Crippen LogP contribution in [0.25, 0.3) is 0 Å². The summed E-state index contributed by atoms with van der Waals surface area (Å²) < 4.78 is 35.8. The van der Waals surface area contributed by atoms with Gasteiger partial charge in [0, 0.05) is 15.7 Å². The molecule has 0 aliphatic carbocycles. The summed E-state index contributed by atoms with van der Waals surface area (Å²) in [7, 11) is 0. The molecule has 0 bridgehead atoms. The first-order valence-electron chi connectivity index (χ1n) is 4.33. The second kappa shape index (κ2) is 5.37. The molecule has 94 valence electrons. The number of nitrogen functional groups attached to an aromatic ring is 1. The van der Waals surface area contributed by atoms with Crippen LogP contribution in [0.1, 0.15) is 10.4 Å². The molecule has 0 unspecified atom stereocenters. The summed E-state index contributed by atoms with van der Waals surface area (Å²) >= 11 is 3.12. The molecule has 0 aliphatic heterocycles. The van der Waals surface area contributed by atoms with Gasteiger partial charge in [0.1, 0.15) is 0 Å². The highest BCUT2D eigenvalue weighted by atomic mass is 79.9. The molecule has 0 saturated carbocycles. The molecular formula is C9H8BrF3N2O2. The average Bonchev–Trinajstić information content (AvgIpc) is 2.20. The van der Waals surface area contributed by atoms with E-state index in [1.165, 1.54) is 18.2 Å². The number of amides is 1. The molecule has 1 amide bonds. The summed E-state index contributed by atoms with van der Waals surface area (Å²) in [6, 6.07) is 4.22. The van der Waals surface area contributed by atoms with Gasteiger partial charge in [-0.2, -0.15) is 13.2 Å². The van der Waals surface area contributed by atoms with Crippen molar-refractivity contribution in [2.24, 2.45) is 0 Å². The van der Waals surface area contributed by atoms with E-state index in [1.807, 2.05) is 0 Å². The SMILES string of the molecule is Nc1cc(C(=O)NOCC(F)(F)F)ccc1Br. The number of hydrogen-bond acceptors (Lipinski definition) is 3. The second-order valence-electron chi connectivity index (χ2n) is 3.07. The molecule has 0 fully saturated rings. The van der Waals surface area contributed by atoms with Crippen molar-refractivity contribution in [2.45, 2.75) is 6.18 Å². The fraction of sp³-hybridized carbons (Fsp3) is 0.222. The molecule has 0 aromatic heterocycles. The van der Waals surface area contributed by atoms with E-state index in [2.05, 4.69) is 20.8 Å². The van der Waals surface area contributed by atoms with Crippen LogP contribution in [0, 0.1) is 0 Å². The molecule has 0 saturated heterocycles. The van der Waals surface area contributed by atoms with E-state index in [9.17, 15) is 18.0 Å². The lowest BCUT2D eigenvalue weighted by Gasteiger charge is -2.08. The molecular weight excluding hydrogens is 305 g/mol. The van der Waals surface area contributed by atoms with Gasteiger partial charge in [0.15, 0.2) is 6.61 Å². The van der Waals surface area contributed by atoms with E-state index >= 15 is 0 Å². The Hall–Kier alpha value is -1.28. The molecule has 0 heterocycles. The van der Waals surface area contributed by atoms with Gasteiger partial charge in [-0.1, -0.05) is 0 Å². The Morgan fingerprint density at radius 2 is 2.12 bits per heavy atom. The van der Waals surface area contributed by atoms with E-state index in [0.29, 0.717) is 10.2 Å². The van der Waals surface area contributed by atoms with Gasteiger partial charge >= 0.3 is 6.18 Å². The number of benzene rings is 1. The average molecular weight is 313 g/mol. The van der Waals surface area contributed by atoms with E-state index in [0.717, 1.165) is 0 Å². The van der Waals surface area contributed by atoms with Crippen molar-refractivity contribution < 1.29 is 22.8 Å². The van der Waals surface area contributed by atoms with Gasteiger partial charge in [-0.3, -0.25) is 9.63 Å². The molecule has 0 atom stereocenters. The molecule has 1 aromatic carbocycles. The second-order valence-corrected chi connectivity index (χ2v) is 3.93. The fourth-order valence-electron chi connectivity index (χ4n) is 0.927. The van der Waals surface area contributed by atoms with Gasteiger partial charge in [0.05, 0.1) is 0 Å². The summed E-state index contributed by atoms with van der Waals surface area (Å²) in [5.41, 5.74) is 7.59. The van der Waals surface area contributed by atoms with Crippen molar-refractivity contribution in [3.8, 4) is 0 Å². The number of carbonyl (C=O) groups excluding carboxylic acids is 1.